The first-order chi connectivity index (χ1) is 17.7. The van der Waals surface area contributed by atoms with E-state index in [4.69, 9.17) is 23.2 Å². The number of hydrogen-bond donors (Lipinski definition) is 2. The maximum Gasteiger partial charge on any atom is 0.416 e. The summed E-state index contributed by atoms with van der Waals surface area (Å²) in [6, 6.07) is 8.89. The van der Waals surface area contributed by atoms with E-state index in [0.717, 1.165) is 6.07 Å². The Balaban J connectivity index is 1.56. The minimum absolute atomic E-state index is 0.106. The third-order valence-corrected chi connectivity index (χ3v) is 7.20. The van der Waals surface area contributed by atoms with Gasteiger partial charge in [0, 0.05) is 17.1 Å². The molecule has 1 aliphatic rings. The van der Waals surface area contributed by atoms with E-state index < -0.39 is 50.0 Å². The zero-order valence-electron chi connectivity index (χ0n) is 19.4. The van der Waals surface area contributed by atoms with Crippen LogP contribution in [-0.2, 0) is 25.8 Å². The van der Waals surface area contributed by atoms with Crippen LogP contribution in [0.25, 0.3) is 0 Å². The molecule has 0 bridgehead atoms. The highest BCUT2D eigenvalue weighted by molar-refractivity contribution is 7.92. The van der Waals surface area contributed by atoms with Crippen molar-refractivity contribution >= 4 is 62.4 Å². The largest absolute Gasteiger partial charge is 0.416 e. The second kappa shape index (κ2) is 9.89. The molecule has 2 aromatic carbocycles. The molecule has 0 spiro atoms. The first-order valence-corrected chi connectivity index (χ1v) is 12.8. The predicted molar refractivity (Wildman–Crippen MR) is 134 cm³/mol. The van der Waals surface area contributed by atoms with E-state index in [0.29, 0.717) is 28.4 Å². The summed E-state index contributed by atoms with van der Waals surface area (Å²) in [7, 11) is -4.06. The summed E-state index contributed by atoms with van der Waals surface area (Å²) >= 11 is 12.0. The monoisotopic (exact) mass is 585 g/mol. The summed E-state index contributed by atoms with van der Waals surface area (Å²) in [4.78, 5) is 34.0. The van der Waals surface area contributed by atoms with Gasteiger partial charge in [0.05, 0.1) is 21.2 Å². The molecule has 1 aliphatic heterocycles. The van der Waals surface area contributed by atoms with Crippen LogP contribution in [-0.4, -0.2) is 30.2 Å². The molecule has 4 rings (SSSR count). The second-order valence-corrected chi connectivity index (χ2v) is 10.5. The van der Waals surface area contributed by atoms with Crippen molar-refractivity contribution in [3.05, 3.63) is 81.2 Å². The molecular weight excluding hydrogens is 570 g/mol. The highest BCUT2D eigenvalue weighted by Crippen LogP contribution is 2.38. The third-order valence-electron chi connectivity index (χ3n) is 5.18. The third kappa shape index (κ3) is 5.44. The predicted octanol–water partition coefficient (Wildman–Crippen LogP) is 5.00. The molecule has 1 aromatic heterocycles. The van der Waals surface area contributed by atoms with E-state index in [1.54, 1.807) is 19.9 Å². The molecule has 0 atom stereocenters. The van der Waals surface area contributed by atoms with Crippen LogP contribution in [0.5, 0.6) is 0 Å². The lowest BCUT2D eigenvalue weighted by Crippen LogP contribution is -2.32. The van der Waals surface area contributed by atoms with Gasteiger partial charge in [-0.25, -0.2) is 28.0 Å². The molecule has 198 valence electrons. The van der Waals surface area contributed by atoms with E-state index in [1.165, 1.54) is 24.3 Å². The van der Waals surface area contributed by atoms with Crippen molar-refractivity contribution < 1.29 is 31.2 Å². The number of benzene rings is 2. The first kappa shape index (κ1) is 27.4. The molecule has 38 heavy (non-hydrogen) atoms. The minimum atomic E-state index is -4.75. The standard InChI is InChI=1S/C23H16Cl2F3N5O4S/c1-11-9-12(2)30-22(29-11)32-38(36,37)15-6-4-14(5-7-15)31-19-18(25)20(34)33(21(19)35)17-10-13(23(26,27)28)3-8-16(17)24/h3-10,31H,1-2H3,(H,29,30,32). The molecule has 0 unspecified atom stereocenters. The number of imide groups is 1. The lowest BCUT2D eigenvalue weighted by Gasteiger charge is -2.18. The zero-order chi connectivity index (χ0) is 28.0. The summed E-state index contributed by atoms with van der Waals surface area (Å²) in [6.07, 6.45) is -4.75. The lowest BCUT2D eigenvalue weighted by atomic mass is 10.2. The van der Waals surface area contributed by atoms with Gasteiger partial charge in [-0.15, -0.1) is 0 Å². The number of anilines is 3. The van der Waals surface area contributed by atoms with Crippen molar-refractivity contribution in [3.8, 4) is 0 Å². The van der Waals surface area contributed by atoms with Crippen molar-refractivity contribution in [1.82, 2.24) is 9.97 Å². The van der Waals surface area contributed by atoms with Crippen molar-refractivity contribution in [1.29, 1.82) is 0 Å². The SMILES string of the molecule is Cc1cc(C)nc(NS(=O)(=O)c2ccc(NC3=C(Cl)C(=O)N(c4cc(C(F)(F)F)ccc4Cl)C3=O)cc2)n1. The molecule has 0 radical (unpaired) electrons. The molecule has 9 nitrogen and oxygen atoms in total. The van der Waals surface area contributed by atoms with Crippen LogP contribution in [0, 0.1) is 13.8 Å². The number of alkyl halides is 3. The van der Waals surface area contributed by atoms with Crippen molar-refractivity contribution in [2.45, 2.75) is 24.9 Å². The van der Waals surface area contributed by atoms with Gasteiger partial charge in [-0.1, -0.05) is 23.2 Å². The van der Waals surface area contributed by atoms with Gasteiger partial charge < -0.3 is 5.32 Å². The number of rotatable bonds is 6. The molecule has 2 heterocycles. The van der Waals surface area contributed by atoms with Crippen LogP contribution >= 0.6 is 23.2 Å². The van der Waals surface area contributed by atoms with Crippen LogP contribution in [0.2, 0.25) is 5.02 Å². The number of sulfonamides is 1. The Morgan fingerprint density at radius 1 is 0.895 bits per heavy atom. The number of carbonyl (C=O) groups excluding carboxylic acids is 2. The van der Waals surface area contributed by atoms with Crippen LogP contribution in [0.1, 0.15) is 17.0 Å². The van der Waals surface area contributed by atoms with Gasteiger partial charge in [-0.05, 0) is 62.4 Å². The van der Waals surface area contributed by atoms with Gasteiger partial charge in [0.1, 0.15) is 10.7 Å². The molecule has 2 amide bonds. The van der Waals surface area contributed by atoms with E-state index in [1.807, 2.05) is 0 Å². The Hall–Kier alpha value is -3.68. The number of hydrogen-bond acceptors (Lipinski definition) is 7. The fourth-order valence-electron chi connectivity index (χ4n) is 3.50. The maximum atomic E-state index is 13.2. The van der Waals surface area contributed by atoms with Crippen molar-refractivity contribution in [2.24, 2.45) is 0 Å². The maximum absolute atomic E-state index is 13.2. The molecule has 0 aliphatic carbocycles. The lowest BCUT2D eigenvalue weighted by molar-refractivity contribution is -0.137. The van der Waals surface area contributed by atoms with E-state index >= 15 is 0 Å². The molecule has 0 fully saturated rings. The Bertz CT molecular complexity index is 1590. The normalized spacial score (nSPS) is 14.3. The Morgan fingerprint density at radius 2 is 1.50 bits per heavy atom. The molecule has 0 saturated carbocycles. The Labute approximate surface area is 224 Å². The van der Waals surface area contributed by atoms with Gasteiger partial charge in [-0.3, -0.25) is 9.59 Å². The zero-order valence-corrected chi connectivity index (χ0v) is 21.7. The number of amides is 2. The van der Waals surface area contributed by atoms with Gasteiger partial charge >= 0.3 is 6.18 Å². The Morgan fingerprint density at radius 3 is 2.08 bits per heavy atom. The van der Waals surface area contributed by atoms with Crippen LogP contribution in [0.15, 0.2) is 64.2 Å². The number of halogens is 5. The molecular formula is C23H16Cl2F3N5O4S. The summed E-state index contributed by atoms with van der Waals surface area (Å²) in [5.74, 6) is -2.24. The van der Waals surface area contributed by atoms with Crippen LogP contribution in [0.3, 0.4) is 0 Å². The summed E-state index contributed by atoms with van der Waals surface area (Å²) < 4.78 is 67.2. The number of carbonyl (C=O) groups is 2. The van der Waals surface area contributed by atoms with Crippen molar-refractivity contribution in [2.75, 3.05) is 14.9 Å². The van der Waals surface area contributed by atoms with E-state index in [2.05, 4.69) is 20.0 Å². The minimum Gasteiger partial charge on any atom is -0.350 e. The topological polar surface area (TPSA) is 121 Å². The number of aromatic nitrogens is 2. The highest BCUT2D eigenvalue weighted by atomic mass is 35.5. The second-order valence-electron chi connectivity index (χ2n) is 8.03. The Kier molecular flexibility index (Phi) is 7.12. The van der Waals surface area contributed by atoms with Gasteiger partial charge in [-0.2, -0.15) is 13.2 Å². The fourth-order valence-corrected chi connectivity index (χ4v) is 4.86. The first-order valence-electron chi connectivity index (χ1n) is 10.5. The summed E-state index contributed by atoms with van der Waals surface area (Å²) in [5.41, 5.74) is -0.744. The van der Waals surface area contributed by atoms with Crippen molar-refractivity contribution in [3.63, 3.8) is 0 Å². The van der Waals surface area contributed by atoms with Gasteiger partial charge in [0.2, 0.25) is 5.95 Å². The average molecular weight is 586 g/mol. The van der Waals surface area contributed by atoms with Crippen LogP contribution in [0.4, 0.5) is 30.5 Å². The number of nitrogens with zero attached hydrogens (tertiary/aromatic N) is 3. The van der Waals surface area contributed by atoms with Gasteiger partial charge in [0.25, 0.3) is 21.8 Å². The quantitative estimate of drug-likeness (QED) is 0.390. The van der Waals surface area contributed by atoms with Crippen LogP contribution < -0.4 is 14.9 Å². The van der Waals surface area contributed by atoms with Gasteiger partial charge in [0.15, 0.2) is 0 Å². The molecule has 2 N–H and O–H groups in total. The number of aryl methyl sites for hydroxylation is 2. The van der Waals surface area contributed by atoms with E-state index in [9.17, 15) is 31.2 Å². The number of nitrogens with one attached hydrogen (secondary N) is 2. The average Bonchev–Trinajstić information content (AvgIpc) is 3.01. The molecule has 3 aromatic rings. The van der Waals surface area contributed by atoms with E-state index in [-0.39, 0.29) is 21.6 Å². The smallest absolute Gasteiger partial charge is 0.350 e. The highest BCUT2D eigenvalue weighted by Gasteiger charge is 2.41. The molecule has 15 heteroatoms. The molecule has 0 saturated heterocycles. The fraction of sp³-hybridized carbons (Fsp3) is 0.130. The summed E-state index contributed by atoms with van der Waals surface area (Å²) in [6.45, 7) is 3.37. The summed E-state index contributed by atoms with van der Waals surface area (Å²) in [5, 5.41) is 1.74.